The van der Waals surface area contributed by atoms with Crippen LogP contribution in [0.5, 0.6) is 0 Å². The lowest BCUT2D eigenvalue weighted by Gasteiger charge is -2.30. The minimum atomic E-state index is -0.134. The number of hydrogen-bond donors (Lipinski definition) is 1. The molecule has 2 nitrogen and oxygen atoms in total. The van der Waals surface area contributed by atoms with Gasteiger partial charge in [0.1, 0.15) is 0 Å². The lowest BCUT2D eigenvalue weighted by atomic mass is 9.91. The molecule has 0 bridgehead atoms. The van der Waals surface area contributed by atoms with E-state index >= 15 is 0 Å². The number of nitrogens with two attached hydrogens (primary N) is 1. The van der Waals surface area contributed by atoms with Crippen LogP contribution < -0.4 is 5.73 Å². The Labute approximate surface area is 134 Å². The van der Waals surface area contributed by atoms with Crippen molar-refractivity contribution in [3.05, 3.63) is 69.2 Å². The zero-order chi connectivity index (χ0) is 14.8. The highest BCUT2D eigenvalue weighted by molar-refractivity contribution is 6.35. The Balaban J connectivity index is 1.81. The van der Waals surface area contributed by atoms with E-state index in [0.717, 1.165) is 12.0 Å². The van der Waals surface area contributed by atoms with Gasteiger partial charge in [0.2, 0.25) is 0 Å². The molecule has 3 rings (SSSR count). The maximum atomic E-state index is 6.39. The summed E-state index contributed by atoms with van der Waals surface area (Å²) in [4.78, 5) is 0. The molecule has 2 aromatic rings. The third kappa shape index (κ3) is 3.24. The number of fused-ring (bicyclic) bond motifs is 1. The summed E-state index contributed by atoms with van der Waals surface area (Å²) < 4.78 is 5.91. The Morgan fingerprint density at radius 1 is 1.19 bits per heavy atom. The van der Waals surface area contributed by atoms with Crippen LogP contribution in [0.3, 0.4) is 0 Å². The maximum absolute atomic E-state index is 6.39. The van der Waals surface area contributed by atoms with E-state index < -0.39 is 0 Å². The summed E-state index contributed by atoms with van der Waals surface area (Å²) in [7, 11) is 0. The predicted octanol–water partition coefficient (Wildman–Crippen LogP) is 4.18. The van der Waals surface area contributed by atoms with Crippen LogP contribution in [0.15, 0.2) is 42.5 Å². The highest BCUT2D eigenvalue weighted by atomic mass is 35.5. The second-order valence-corrected chi connectivity index (χ2v) is 6.19. The first kappa shape index (κ1) is 14.9. The van der Waals surface area contributed by atoms with Crippen molar-refractivity contribution in [1.82, 2.24) is 0 Å². The molecule has 1 heterocycles. The molecular formula is C17H17Cl2NO. The fourth-order valence-electron chi connectivity index (χ4n) is 2.83. The molecule has 0 fully saturated rings. The summed E-state index contributed by atoms with van der Waals surface area (Å²) in [5, 5.41) is 1.29. The molecule has 2 N–H and O–H groups in total. The van der Waals surface area contributed by atoms with Crippen LogP contribution in [0.2, 0.25) is 10.0 Å². The first-order valence-electron chi connectivity index (χ1n) is 7.04. The fraction of sp³-hybridized carbons (Fsp3) is 0.294. The smallest absolute Gasteiger partial charge is 0.0981 e. The first-order valence-corrected chi connectivity index (χ1v) is 7.79. The Bertz CT molecular complexity index is 644. The minimum absolute atomic E-state index is 0.0818. The first-order chi connectivity index (χ1) is 10.1. The van der Waals surface area contributed by atoms with Gasteiger partial charge >= 0.3 is 0 Å². The van der Waals surface area contributed by atoms with Gasteiger partial charge in [-0.15, -0.1) is 0 Å². The van der Waals surface area contributed by atoms with Gasteiger partial charge in [0.25, 0.3) is 0 Å². The predicted molar refractivity (Wildman–Crippen MR) is 87.0 cm³/mol. The van der Waals surface area contributed by atoms with E-state index in [0.29, 0.717) is 23.1 Å². The molecule has 1 aliphatic heterocycles. The van der Waals surface area contributed by atoms with Crippen LogP contribution in [0, 0.1) is 0 Å². The molecule has 1 aliphatic rings. The molecule has 0 spiro atoms. The number of benzene rings is 2. The van der Waals surface area contributed by atoms with Crippen molar-refractivity contribution in [2.45, 2.75) is 25.0 Å². The second kappa shape index (κ2) is 6.37. The van der Waals surface area contributed by atoms with Crippen LogP contribution in [-0.4, -0.2) is 12.6 Å². The van der Waals surface area contributed by atoms with Crippen LogP contribution in [0.1, 0.15) is 22.8 Å². The van der Waals surface area contributed by atoms with Gasteiger partial charge in [0.15, 0.2) is 0 Å². The number of hydrogen-bond acceptors (Lipinski definition) is 2. The van der Waals surface area contributed by atoms with Gasteiger partial charge in [-0.05, 0) is 41.7 Å². The standard InChI is InChI=1S/C17H17Cl2NO/c18-13-6-5-12(15(19)10-13)9-16(20)17-14-4-2-1-3-11(14)7-8-21-17/h1-6,10,16-17H,7-9,20H2. The van der Waals surface area contributed by atoms with E-state index in [-0.39, 0.29) is 12.1 Å². The zero-order valence-electron chi connectivity index (χ0n) is 11.6. The van der Waals surface area contributed by atoms with Gasteiger partial charge in [-0.2, -0.15) is 0 Å². The molecule has 2 unspecified atom stereocenters. The molecule has 0 amide bonds. The van der Waals surface area contributed by atoms with E-state index in [4.69, 9.17) is 33.7 Å². The van der Waals surface area contributed by atoms with Crippen molar-refractivity contribution in [2.24, 2.45) is 5.73 Å². The second-order valence-electron chi connectivity index (χ2n) is 5.34. The molecule has 0 saturated heterocycles. The van der Waals surface area contributed by atoms with Gasteiger partial charge in [-0.25, -0.2) is 0 Å². The average molecular weight is 322 g/mol. The molecular weight excluding hydrogens is 305 g/mol. The Morgan fingerprint density at radius 2 is 2.00 bits per heavy atom. The lowest BCUT2D eigenvalue weighted by molar-refractivity contribution is 0.0246. The normalized spacial score (nSPS) is 19.1. The maximum Gasteiger partial charge on any atom is 0.0981 e. The molecule has 0 saturated carbocycles. The summed E-state index contributed by atoms with van der Waals surface area (Å²) in [5.74, 6) is 0. The molecule has 0 radical (unpaired) electrons. The Kier molecular flexibility index (Phi) is 4.51. The quantitative estimate of drug-likeness (QED) is 0.920. The zero-order valence-corrected chi connectivity index (χ0v) is 13.1. The van der Waals surface area contributed by atoms with Crippen molar-refractivity contribution in [3.63, 3.8) is 0 Å². The highest BCUT2D eigenvalue weighted by Gasteiger charge is 2.26. The Morgan fingerprint density at radius 3 is 2.81 bits per heavy atom. The van der Waals surface area contributed by atoms with Gasteiger partial charge in [0.05, 0.1) is 12.7 Å². The van der Waals surface area contributed by atoms with Crippen molar-refractivity contribution < 1.29 is 4.74 Å². The van der Waals surface area contributed by atoms with Crippen molar-refractivity contribution >= 4 is 23.2 Å². The van der Waals surface area contributed by atoms with E-state index in [1.807, 2.05) is 18.2 Å². The van der Waals surface area contributed by atoms with Crippen molar-refractivity contribution in [1.29, 1.82) is 0 Å². The summed E-state index contributed by atoms with van der Waals surface area (Å²) in [6.07, 6.45) is 1.53. The van der Waals surface area contributed by atoms with Crippen LogP contribution in [0.25, 0.3) is 0 Å². The molecule has 4 heteroatoms. The summed E-state index contributed by atoms with van der Waals surface area (Å²) in [5.41, 5.74) is 9.91. The van der Waals surface area contributed by atoms with Crippen LogP contribution in [0.4, 0.5) is 0 Å². The van der Waals surface area contributed by atoms with E-state index in [1.165, 1.54) is 11.1 Å². The molecule has 0 aliphatic carbocycles. The molecule has 0 aromatic heterocycles. The third-order valence-corrected chi connectivity index (χ3v) is 4.48. The molecule has 2 atom stereocenters. The number of rotatable bonds is 3. The van der Waals surface area contributed by atoms with E-state index in [9.17, 15) is 0 Å². The van der Waals surface area contributed by atoms with Gasteiger partial charge in [-0.1, -0.05) is 53.5 Å². The summed E-state index contributed by atoms with van der Waals surface area (Å²) >= 11 is 12.2. The third-order valence-electron chi connectivity index (χ3n) is 3.89. The number of ether oxygens (including phenoxy) is 1. The van der Waals surface area contributed by atoms with Gasteiger partial charge in [-0.3, -0.25) is 0 Å². The van der Waals surface area contributed by atoms with Crippen molar-refractivity contribution in [3.8, 4) is 0 Å². The summed E-state index contributed by atoms with van der Waals surface area (Å²) in [6, 6.07) is 13.7. The average Bonchev–Trinajstić information content (AvgIpc) is 2.49. The minimum Gasteiger partial charge on any atom is -0.372 e. The topological polar surface area (TPSA) is 35.2 Å². The summed E-state index contributed by atoms with van der Waals surface area (Å²) in [6.45, 7) is 0.712. The highest BCUT2D eigenvalue weighted by Crippen LogP contribution is 2.31. The largest absolute Gasteiger partial charge is 0.372 e. The molecule has 21 heavy (non-hydrogen) atoms. The fourth-order valence-corrected chi connectivity index (χ4v) is 3.31. The van der Waals surface area contributed by atoms with Crippen LogP contribution >= 0.6 is 23.2 Å². The van der Waals surface area contributed by atoms with Gasteiger partial charge in [0, 0.05) is 16.1 Å². The molecule has 110 valence electrons. The van der Waals surface area contributed by atoms with Crippen LogP contribution in [-0.2, 0) is 17.6 Å². The monoisotopic (exact) mass is 321 g/mol. The van der Waals surface area contributed by atoms with Gasteiger partial charge < -0.3 is 10.5 Å². The molecule has 2 aromatic carbocycles. The SMILES string of the molecule is NC(Cc1ccc(Cl)cc1Cl)C1OCCc2ccccc21. The van der Waals surface area contributed by atoms with E-state index in [1.54, 1.807) is 6.07 Å². The van der Waals surface area contributed by atoms with Crippen molar-refractivity contribution in [2.75, 3.05) is 6.61 Å². The Hall–Kier alpha value is -1.06. The lowest BCUT2D eigenvalue weighted by Crippen LogP contribution is -2.35. The van der Waals surface area contributed by atoms with E-state index in [2.05, 4.69) is 18.2 Å². The number of halogens is 2.